The van der Waals surface area contributed by atoms with E-state index in [0.29, 0.717) is 13.1 Å². The maximum Gasteiger partial charge on any atom is 0.211 e. The summed E-state index contributed by atoms with van der Waals surface area (Å²) in [4.78, 5) is 0. The van der Waals surface area contributed by atoms with Crippen molar-refractivity contribution in [3.63, 3.8) is 0 Å². The van der Waals surface area contributed by atoms with Crippen LogP contribution in [0.2, 0.25) is 0 Å². The molecule has 0 unspecified atom stereocenters. The Balaban J connectivity index is 1.52. The standard InChI is InChI=1S/C18H25N3O2S/c1-24(22,23)21-10-5-8-18(15-21)19-12-17-9-11-20(14-17)13-16-6-3-2-4-7-16/h2-4,6-7,9,11,14,18-19H,5,8,10,12-13,15H2,1H3/t18-/m1/s1. The summed E-state index contributed by atoms with van der Waals surface area (Å²) in [6.07, 6.45) is 7.47. The minimum Gasteiger partial charge on any atom is -0.350 e. The molecule has 1 fully saturated rings. The molecule has 1 aliphatic heterocycles. The Bertz CT molecular complexity index is 756. The zero-order valence-electron chi connectivity index (χ0n) is 14.1. The van der Waals surface area contributed by atoms with E-state index in [1.54, 1.807) is 4.31 Å². The number of piperidine rings is 1. The van der Waals surface area contributed by atoms with Crippen molar-refractivity contribution in [3.05, 3.63) is 59.9 Å². The lowest BCUT2D eigenvalue weighted by Gasteiger charge is -2.31. The van der Waals surface area contributed by atoms with Gasteiger partial charge in [-0.1, -0.05) is 30.3 Å². The van der Waals surface area contributed by atoms with E-state index in [4.69, 9.17) is 0 Å². The predicted octanol–water partition coefficient (Wildman–Crippen LogP) is 2.05. The molecule has 0 amide bonds. The van der Waals surface area contributed by atoms with E-state index in [1.807, 2.05) is 6.07 Å². The average Bonchev–Trinajstić information content (AvgIpc) is 3.01. The van der Waals surface area contributed by atoms with Crippen LogP contribution in [0.5, 0.6) is 0 Å². The Morgan fingerprint density at radius 2 is 1.96 bits per heavy atom. The number of hydrogen-bond acceptors (Lipinski definition) is 3. The third-order valence-electron chi connectivity index (χ3n) is 4.47. The lowest BCUT2D eigenvalue weighted by molar-refractivity contribution is 0.284. The number of sulfonamides is 1. The molecular weight excluding hydrogens is 322 g/mol. The molecule has 1 aromatic carbocycles. The summed E-state index contributed by atoms with van der Waals surface area (Å²) in [6, 6.07) is 12.7. The van der Waals surface area contributed by atoms with Gasteiger partial charge in [-0.3, -0.25) is 0 Å². The SMILES string of the molecule is CS(=O)(=O)N1CCC[C@@H](NCc2ccn(Cc3ccccc3)c2)C1. The molecule has 0 bridgehead atoms. The van der Waals surface area contributed by atoms with Gasteiger partial charge in [-0.25, -0.2) is 12.7 Å². The minimum absolute atomic E-state index is 0.228. The van der Waals surface area contributed by atoms with E-state index in [-0.39, 0.29) is 6.04 Å². The van der Waals surface area contributed by atoms with E-state index in [9.17, 15) is 8.42 Å². The third-order valence-corrected chi connectivity index (χ3v) is 5.74. The molecule has 130 valence electrons. The molecule has 6 heteroatoms. The van der Waals surface area contributed by atoms with E-state index in [2.05, 4.69) is 52.6 Å². The largest absolute Gasteiger partial charge is 0.350 e. The maximum absolute atomic E-state index is 11.7. The molecule has 1 saturated heterocycles. The second-order valence-corrected chi connectivity index (χ2v) is 8.50. The highest BCUT2D eigenvalue weighted by Gasteiger charge is 2.25. The van der Waals surface area contributed by atoms with Gasteiger partial charge in [0.05, 0.1) is 6.26 Å². The van der Waals surface area contributed by atoms with Crippen LogP contribution in [0.4, 0.5) is 0 Å². The average molecular weight is 347 g/mol. The van der Waals surface area contributed by atoms with Crippen LogP contribution in [0.1, 0.15) is 24.0 Å². The molecule has 24 heavy (non-hydrogen) atoms. The van der Waals surface area contributed by atoms with Crippen molar-refractivity contribution < 1.29 is 8.42 Å². The van der Waals surface area contributed by atoms with Crippen LogP contribution in [0, 0.1) is 0 Å². The van der Waals surface area contributed by atoms with Crippen molar-refractivity contribution in [2.45, 2.75) is 32.0 Å². The smallest absolute Gasteiger partial charge is 0.211 e. The van der Waals surface area contributed by atoms with Crippen LogP contribution >= 0.6 is 0 Å². The molecule has 0 aliphatic carbocycles. The Morgan fingerprint density at radius 3 is 2.71 bits per heavy atom. The topological polar surface area (TPSA) is 54.3 Å². The molecule has 0 spiro atoms. The van der Waals surface area contributed by atoms with Crippen molar-refractivity contribution in [2.24, 2.45) is 0 Å². The van der Waals surface area contributed by atoms with Crippen LogP contribution in [0.3, 0.4) is 0 Å². The highest BCUT2D eigenvalue weighted by Crippen LogP contribution is 2.14. The first-order valence-electron chi connectivity index (χ1n) is 8.38. The van der Waals surface area contributed by atoms with Gasteiger partial charge in [0.25, 0.3) is 0 Å². The quantitative estimate of drug-likeness (QED) is 0.870. The number of aromatic nitrogens is 1. The van der Waals surface area contributed by atoms with Crippen LogP contribution < -0.4 is 5.32 Å². The van der Waals surface area contributed by atoms with Gasteiger partial charge in [0.15, 0.2) is 0 Å². The number of hydrogen-bond donors (Lipinski definition) is 1. The first-order chi connectivity index (χ1) is 11.5. The van der Waals surface area contributed by atoms with Gasteiger partial charge in [0, 0.05) is 44.6 Å². The molecule has 0 saturated carbocycles. The van der Waals surface area contributed by atoms with Gasteiger partial charge in [0.1, 0.15) is 0 Å². The van der Waals surface area contributed by atoms with Crippen molar-refractivity contribution >= 4 is 10.0 Å². The van der Waals surface area contributed by atoms with Gasteiger partial charge in [-0.05, 0) is 30.0 Å². The van der Waals surface area contributed by atoms with Crippen LogP contribution in [-0.4, -0.2) is 42.7 Å². The molecule has 5 nitrogen and oxygen atoms in total. The second kappa shape index (κ2) is 7.51. The summed E-state index contributed by atoms with van der Waals surface area (Å²) in [6.45, 7) is 2.85. The molecular formula is C18H25N3O2S. The fraction of sp³-hybridized carbons (Fsp3) is 0.444. The van der Waals surface area contributed by atoms with Gasteiger partial charge < -0.3 is 9.88 Å². The fourth-order valence-corrected chi connectivity index (χ4v) is 4.07. The summed E-state index contributed by atoms with van der Waals surface area (Å²) in [5.74, 6) is 0. The van der Waals surface area contributed by atoms with Gasteiger partial charge in [0.2, 0.25) is 10.0 Å². The first-order valence-corrected chi connectivity index (χ1v) is 10.2. The normalized spacial score (nSPS) is 19.5. The van der Waals surface area contributed by atoms with Crippen molar-refractivity contribution in [1.29, 1.82) is 0 Å². The zero-order valence-corrected chi connectivity index (χ0v) is 14.9. The van der Waals surface area contributed by atoms with E-state index >= 15 is 0 Å². The minimum atomic E-state index is -3.08. The third kappa shape index (κ3) is 4.69. The number of nitrogens with one attached hydrogen (secondary N) is 1. The fourth-order valence-electron chi connectivity index (χ4n) is 3.16. The highest BCUT2D eigenvalue weighted by molar-refractivity contribution is 7.88. The number of benzene rings is 1. The molecule has 1 N–H and O–H groups in total. The van der Waals surface area contributed by atoms with Gasteiger partial charge >= 0.3 is 0 Å². The van der Waals surface area contributed by atoms with Crippen molar-refractivity contribution in [3.8, 4) is 0 Å². The number of rotatable bonds is 6. The first kappa shape index (κ1) is 17.2. The summed E-state index contributed by atoms with van der Waals surface area (Å²) < 4.78 is 27.1. The van der Waals surface area contributed by atoms with Gasteiger partial charge in [-0.2, -0.15) is 0 Å². The molecule has 2 aromatic rings. The number of nitrogens with zero attached hydrogens (tertiary/aromatic N) is 2. The molecule has 1 aromatic heterocycles. The van der Waals surface area contributed by atoms with E-state index in [0.717, 1.165) is 25.9 Å². The van der Waals surface area contributed by atoms with Crippen LogP contribution in [0.25, 0.3) is 0 Å². The maximum atomic E-state index is 11.7. The Morgan fingerprint density at radius 1 is 1.17 bits per heavy atom. The zero-order chi connectivity index (χ0) is 17.0. The second-order valence-electron chi connectivity index (χ2n) is 6.52. The Kier molecular flexibility index (Phi) is 5.38. The Hall–Kier alpha value is -1.63. The van der Waals surface area contributed by atoms with Crippen molar-refractivity contribution in [1.82, 2.24) is 14.2 Å². The van der Waals surface area contributed by atoms with E-state index in [1.165, 1.54) is 17.4 Å². The summed E-state index contributed by atoms with van der Waals surface area (Å²) in [7, 11) is -3.08. The summed E-state index contributed by atoms with van der Waals surface area (Å²) in [5.41, 5.74) is 2.51. The molecule has 3 rings (SSSR count). The van der Waals surface area contributed by atoms with Crippen LogP contribution in [0.15, 0.2) is 48.8 Å². The van der Waals surface area contributed by atoms with E-state index < -0.39 is 10.0 Å². The molecule has 2 heterocycles. The predicted molar refractivity (Wildman–Crippen MR) is 96.3 cm³/mol. The summed E-state index contributed by atoms with van der Waals surface area (Å²) >= 11 is 0. The molecule has 1 atom stereocenters. The van der Waals surface area contributed by atoms with Gasteiger partial charge in [-0.15, -0.1) is 0 Å². The lowest BCUT2D eigenvalue weighted by atomic mass is 10.1. The molecule has 1 aliphatic rings. The van der Waals surface area contributed by atoms with Crippen LogP contribution in [-0.2, 0) is 23.1 Å². The monoisotopic (exact) mass is 347 g/mol. The Labute approximate surface area is 144 Å². The highest BCUT2D eigenvalue weighted by atomic mass is 32.2. The summed E-state index contributed by atoms with van der Waals surface area (Å²) in [5, 5.41) is 3.50. The lowest BCUT2D eigenvalue weighted by Crippen LogP contribution is -2.47. The molecule has 0 radical (unpaired) electrons. The van der Waals surface area contributed by atoms with Crippen molar-refractivity contribution in [2.75, 3.05) is 19.3 Å².